The highest BCUT2D eigenvalue weighted by Gasteiger charge is 2.39. The zero-order valence-electron chi connectivity index (χ0n) is 13.4. The largest absolute Gasteiger partial charge is 0.497 e. The van der Waals surface area contributed by atoms with Gasteiger partial charge in [0.2, 0.25) is 0 Å². The number of hydrogen-bond acceptors (Lipinski definition) is 2. The lowest BCUT2D eigenvalue weighted by Crippen LogP contribution is -2.42. The molecule has 2 atom stereocenters. The van der Waals surface area contributed by atoms with E-state index in [0.717, 1.165) is 24.6 Å². The molecule has 2 unspecified atom stereocenters. The number of methoxy groups -OCH3 is 1. The Morgan fingerprint density at radius 1 is 1.30 bits per heavy atom. The summed E-state index contributed by atoms with van der Waals surface area (Å²) in [5.74, 6) is 1.72. The average Bonchev–Trinajstić information content (AvgIpc) is 2.78. The molecule has 112 valence electrons. The van der Waals surface area contributed by atoms with E-state index >= 15 is 0 Å². The lowest BCUT2D eigenvalue weighted by Gasteiger charge is -2.35. The van der Waals surface area contributed by atoms with E-state index in [2.05, 4.69) is 50.4 Å². The lowest BCUT2D eigenvalue weighted by atomic mass is 9.76. The quantitative estimate of drug-likeness (QED) is 0.846. The van der Waals surface area contributed by atoms with Crippen molar-refractivity contribution in [3.63, 3.8) is 0 Å². The molecule has 1 saturated carbocycles. The molecule has 0 aliphatic heterocycles. The zero-order chi connectivity index (χ0) is 14.6. The average molecular weight is 275 g/mol. The van der Waals surface area contributed by atoms with E-state index < -0.39 is 0 Å². The Balaban J connectivity index is 2.08. The first-order chi connectivity index (χ1) is 9.56. The summed E-state index contributed by atoms with van der Waals surface area (Å²) in [4.78, 5) is 0. The maximum absolute atomic E-state index is 5.24. The van der Waals surface area contributed by atoms with E-state index in [1.165, 1.54) is 24.8 Å². The lowest BCUT2D eigenvalue weighted by molar-refractivity contribution is 0.197. The normalized spacial score (nSPS) is 22.7. The number of nitrogens with one attached hydrogen (secondary N) is 1. The van der Waals surface area contributed by atoms with Crippen LogP contribution in [0.5, 0.6) is 5.75 Å². The predicted molar refractivity (Wildman–Crippen MR) is 85.3 cm³/mol. The van der Waals surface area contributed by atoms with Crippen molar-refractivity contribution in [1.29, 1.82) is 0 Å². The molecule has 1 aromatic rings. The second-order valence-electron chi connectivity index (χ2n) is 6.70. The van der Waals surface area contributed by atoms with Crippen LogP contribution in [0.4, 0.5) is 0 Å². The highest BCUT2D eigenvalue weighted by atomic mass is 16.5. The highest BCUT2D eigenvalue weighted by Crippen LogP contribution is 2.44. The van der Waals surface area contributed by atoms with Crippen LogP contribution < -0.4 is 10.1 Å². The van der Waals surface area contributed by atoms with Crippen molar-refractivity contribution in [2.24, 2.45) is 11.3 Å². The van der Waals surface area contributed by atoms with Crippen molar-refractivity contribution in [3.05, 3.63) is 29.8 Å². The molecule has 1 aliphatic carbocycles. The summed E-state index contributed by atoms with van der Waals surface area (Å²) in [7, 11) is 1.72. The van der Waals surface area contributed by atoms with Gasteiger partial charge in [0.05, 0.1) is 7.11 Å². The van der Waals surface area contributed by atoms with Crippen molar-refractivity contribution in [2.45, 2.75) is 52.5 Å². The fourth-order valence-corrected chi connectivity index (χ4v) is 3.73. The first kappa shape index (κ1) is 15.4. The second-order valence-corrected chi connectivity index (χ2v) is 6.70. The van der Waals surface area contributed by atoms with Crippen LogP contribution in [0, 0.1) is 11.3 Å². The van der Waals surface area contributed by atoms with Gasteiger partial charge in [-0.05, 0) is 54.8 Å². The minimum Gasteiger partial charge on any atom is -0.497 e. The maximum Gasteiger partial charge on any atom is 0.118 e. The SMILES string of the molecule is CCNC(Cc1ccc(OC)cc1)C1CCCC1(C)C. The molecular formula is C18H29NO. The molecule has 2 nitrogen and oxygen atoms in total. The molecule has 1 fully saturated rings. The van der Waals surface area contributed by atoms with Crippen LogP contribution in [0.15, 0.2) is 24.3 Å². The number of rotatable bonds is 6. The second kappa shape index (κ2) is 6.62. The van der Waals surface area contributed by atoms with Crippen LogP contribution in [0.1, 0.15) is 45.6 Å². The highest BCUT2D eigenvalue weighted by molar-refractivity contribution is 5.27. The summed E-state index contributed by atoms with van der Waals surface area (Å²) in [6.07, 6.45) is 5.22. The van der Waals surface area contributed by atoms with Gasteiger partial charge in [0.1, 0.15) is 5.75 Å². The van der Waals surface area contributed by atoms with Gasteiger partial charge in [0, 0.05) is 6.04 Å². The van der Waals surface area contributed by atoms with Crippen LogP contribution >= 0.6 is 0 Å². The molecule has 20 heavy (non-hydrogen) atoms. The Morgan fingerprint density at radius 3 is 2.50 bits per heavy atom. The Labute approximate surface area is 123 Å². The van der Waals surface area contributed by atoms with Gasteiger partial charge in [0.25, 0.3) is 0 Å². The Kier molecular flexibility index (Phi) is 5.09. The van der Waals surface area contributed by atoms with Crippen molar-refractivity contribution >= 4 is 0 Å². The molecule has 2 heteroatoms. The van der Waals surface area contributed by atoms with Gasteiger partial charge in [-0.25, -0.2) is 0 Å². The van der Waals surface area contributed by atoms with Gasteiger partial charge in [0.15, 0.2) is 0 Å². The molecule has 0 saturated heterocycles. The minimum atomic E-state index is 0.472. The van der Waals surface area contributed by atoms with E-state index in [1.807, 2.05) is 0 Å². The van der Waals surface area contributed by atoms with Crippen LogP contribution in [0.2, 0.25) is 0 Å². The van der Waals surface area contributed by atoms with Crippen molar-refractivity contribution in [1.82, 2.24) is 5.32 Å². The van der Waals surface area contributed by atoms with E-state index in [9.17, 15) is 0 Å². The topological polar surface area (TPSA) is 21.3 Å². The van der Waals surface area contributed by atoms with E-state index in [-0.39, 0.29) is 0 Å². The van der Waals surface area contributed by atoms with Crippen molar-refractivity contribution < 1.29 is 4.74 Å². The van der Waals surface area contributed by atoms with Gasteiger partial charge in [-0.15, -0.1) is 0 Å². The summed E-state index contributed by atoms with van der Waals surface area (Å²) >= 11 is 0. The van der Waals surface area contributed by atoms with Crippen LogP contribution in [-0.2, 0) is 6.42 Å². The van der Waals surface area contributed by atoms with E-state index in [4.69, 9.17) is 4.74 Å². The summed E-state index contributed by atoms with van der Waals surface area (Å²) in [6.45, 7) is 8.13. The number of ether oxygens (including phenoxy) is 1. The van der Waals surface area contributed by atoms with Gasteiger partial charge < -0.3 is 10.1 Å². The summed E-state index contributed by atoms with van der Waals surface area (Å²) in [5, 5.41) is 3.73. The van der Waals surface area contributed by atoms with Gasteiger partial charge in [-0.2, -0.15) is 0 Å². The first-order valence-corrected chi connectivity index (χ1v) is 7.93. The fraction of sp³-hybridized carbons (Fsp3) is 0.667. The number of benzene rings is 1. The molecule has 1 aliphatic rings. The Morgan fingerprint density at radius 2 is 2.00 bits per heavy atom. The standard InChI is InChI=1S/C18H29NO/c1-5-19-17(16-7-6-12-18(16,2)3)13-14-8-10-15(20-4)11-9-14/h8-11,16-17,19H,5-7,12-13H2,1-4H3. The van der Waals surface area contributed by atoms with Gasteiger partial charge in [-0.3, -0.25) is 0 Å². The first-order valence-electron chi connectivity index (χ1n) is 7.93. The van der Waals surface area contributed by atoms with Gasteiger partial charge >= 0.3 is 0 Å². The maximum atomic E-state index is 5.24. The summed E-state index contributed by atoms with van der Waals surface area (Å²) in [6, 6.07) is 9.12. The molecule has 0 spiro atoms. The Bertz CT molecular complexity index is 410. The monoisotopic (exact) mass is 275 g/mol. The molecule has 0 bridgehead atoms. The summed E-state index contributed by atoms with van der Waals surface area (Å²) < 4.78 is 5.24. The molecule has 1 aromatic carbocycles. The minimum absolute atomic E-state index is 0.472. The number of hydrogen-bond donors (Lipinski definition) is 1. The Hall–Kier alpha value is -1.02. The van der Waals surface area contributed by atoms with E-state index in [1.54, 1.807) is 7.11 Å². The smallest absolute Gasteiger partial charge is 0.118 e. The molecule has 1 N–H and O–H groups in total. The third-order valence-corrected chi connectivity index (χ3v) is 4.91. The third-order valence-electron chi connectivity index (χ3n) is 4.91. The van der Waals surface area contributed by atoms with Crippen LogP contribution in [0.25, 0.3) is 0 Å². The van der Waals surface area contributed by atoms with Gasteiger partial charge in [-0.1, -0.05) is 39.3 Å². The fourth-order valence-electron chi connectivity index (χ4n) is 3.73. The molecule has 0 heterocycles. The van der Waals surface area contributed by atoms with E-state index in [0.29, 0.717) is 11.5 Å². The van der Waals surface area contributed by atoms with Crippen LogP contribution in [-0.4, -0.2) is 19.7 Å². The molecular weight excluding hydrogens is 246 g/mol. The molecule has 2 rings (SSSR count). The third kappa shape index (κ3) is 3.54. The molecule has 0 amide bonds. The molecule has 0 radical (unpaired) electrons. The predicted octanol–water partition coefficient (Wildman–Crippen LogP) is 4.04. The zero-order valence-corrected chi connectivity index (χ0v) is 13.4. The summed E-state index contributed by atoms with van der Waals surface area (Å²) in [5.41, 5.74) is 1.87. The number of likely N-dealkylation sites (N-methyl/N-ethyl adjacent to an activating group) is 1. The van der Waals surface area contributed by atoms with Crippen molar-refractivity contribution in [2.75, 3.05) is 13.7 Å². The molecule has 0 aromatic heterocycles. The van der Waals surface area contributed by atoms with Crippen molar-refractivity contribution in [3.8, 4) is 5.75 Å². The van der Waals surface area contributed by atoms with Crippen LogP contribution in [0.3, 0.4) is 0 Å².